The van der Waals surface area contributed by atoms with E-state index in [4.69, 9.17) is 4.74 Å². The quantitative estimate of drug-likeness (QED) is 0.306. The first kappa shape index (κ1) is 24.4. The summed E-state index contributed by atoms with van der Waals surface area (Å²) in [6.07, 6.45) is 2.13. The predicted octanol–water partition coefficient (Wildman–Crippen LogP) is 7.06. The van der Waals surface area contributed by atoms with Gasteiger partial charge in [0.15, 0.2) is 5.60 Å². The third-order valence-electron chi connectivity index (χ3n) is 8.45. The number of aliphatic carboxylic acids is 1. The van der Waals surface area contributed by atoms with Crippen LogP contribution >= 0.6 is 0 Å². The molecule has 6 rings (SSSR count). The standard InChI is InChI=1S/C34H33NO3/c1-22-23(2)34(27-11-4-3-5-12-27,30-15-9-8-13-28(30)24-16-18-35-19-17-24)38-33-29-14-7-6-10-25(29)20-26(32(22)33)21-31(36)37/h3-15,20,24,35H,16-19,21H2,1-2H3,(H,36,37). The molecule has 0 aliphatic carbocycles. The topological polar surface area (TPSA) is 58.6 Å². The van der Waals surface area contributed by atoms with Crippen molar-refractivity contribution < 1.29 is 14.6 Å². The van der Waals surface area contributed by atoms with Crippen molar-refractivity contribution in [2.24, 2.45) is 0 Å². The van der Waals surface area contributed by atoms with Crippen LogP contribution in [-0.2, 0) is 16.8 Å². The van der Waals surface area contributed by atoms with E-state index in [0.717, 1.165) is 70.3 Å². The molecule has 2 aliphatic rings. The van der Waals surface area contributed by atoms with E-state index < -0.39 is 11.6 Å². The second-order valence-electron chi connectivity index (χ2n) is 10.5. The molecule has 2 heterocycles. The van der Waals surface area contributed by atoms with Crippen LogP contribution in [0, 0.1) is 0 Å². The number of hydrogen-bond acceptors (Lipinski definition) is 3. The normalized spacial score (nSPS) is 19.7. The zero-order chi connectivity index (χ0) is 26.3. The molecule has 0 saturated carbocycles. The Morgan fingerprint density at radius 2 is 1.63 bits per heavy atom. The number of nitrogens with one attached hydrogen (secondary N) is 1. The van der Waals surface area contributed by atoms with Gasteiger partial charge >= 0.3 is 5.97 Å². The molecular weight excluding hydrogens is 470 g/mol. The number of fused-ring (bicyclic) bond motifs is 3. The summed E-state index contributed by atoms with van der Waals surface area (Å²) < 4.78 is 7.37. The fourth-order valence-electron chi connectivity index (χ4n) is 6.54. The van der Waals surface area contributed by atoms with Gasteiger partial charge in [-0.15, -0.1) is 0 Å². The number of ether oxygens (including phenoxy) is 1. The van der Waals surface area contributed by atoms with Crippen molar-refractivity contribution in [2.75, 3.05) is 13.1 Å². The second-order valence-corrected chi connectivity index (χ2v) is 10.5. The minimum absolute atomic E-state index is 0.0505. The number of allylic oxidation sites excluding steroid dienone is 1. The van der Waals surface area contributed by atoms with Crippen LogP contribution in [0.4, 0.5) is 0 Å². The number of carbonyl (C=O) groups is 1. The van der Waals surface area contributed by atoms with Gasteiger partial charge in [0.25, 0.3) is 0 Å². The molecule has 0 amide bonds. The van der Waals surface area contributed by atoms with Crippen LogP contribution in [0.2, 0.25) is 0 Å². The van der Waals surface area contributed by atoms with E-state index >= 15 is 0 Å². The second kappa shape index (κ2) is 9.77. The molecule has 1 atom stereocenters. The molecule has 4 aromatic carbocycles. The van der Waals surface area contributed by atoms with Crippen LogP contribution in [0.1, 0.15) is 60.4 Å². The Balaban J connectivity index is 1.68. The lowest BCUT2D eigenvalue weighted by molar-refractivity contribution is -0.136. The van der Waals surface area contributed by atoms with Gasteiger partial charge in [0.2, 0.25) is 0 Å². The van der Waals surface area contributed by atoms with Crippen molar-refractivity contribution in [1.82, 2.24) is 5.32 Å². The molecule has 0 spiro atoms. The van der Waals surface area contributed by atoms with E-state index in [0.29, 0.717) is 5.92 Å². The lowest BCUT2D eigenvalue weighted by Crippen LogP contribution is -2.40. The molecule has 0 aromatic heterocycles. The first-order valence-electron chi connectivity index (χ1n) is 13.5. The summed E-state index contributed by atoms with van der Waals surface area (Å²) in [6, 6.07) is 29.4. The molecule has 1 saturated heterocycles. The van der Waals surface area contributed by atoms with Crippen molar-refractivity contribution >= 4 is 22.3 Å². The zero-order valence-electron chi connectivity index (χ0n) is 22.0. The van der Waals surface area contributed by atoms with Gasteiger partial charge in [0.05, 0.1) is 6.42 Å². The molecule has 2 N–H and O–H groups in total. The van der Waals surface area contributed by atoms with Gasteiger partial charge in [-0.3, -0.25) is 4.79 Å². The van der Waals surface area contributed by atoms with Crippen molar-refractivity contribution in [3.05, 3.63) is 118 Å². The summed E-state index contributed by atoms with van der Waals surface area (Å²) >= 11 is 0. The Bertz CT molecular complexity index is 1550. The summed E-state index contributed by atoms with van der Waals surface area (Å²) in [5.74, 6) is 0.372. The SMILES string of the molecule is CC1=C(C)C(c2ccccc2)(c2ccccc2C2CCNCC2)Oc2c1c(CC(=O)O)cc1ccccc21. The van der Waals surface area contributed by atoms with Crippen LogP contribution in [0.25, 0.3) is 16.3 Å². The molecule has 2 aliphatic heterocycles. The Labute approximate surface area is 224 Å². The molecule has 38 heavy (non-hydrogen) atoms. The monoisotopic (exact) mass is 503 g/mol. The van der Waals surface area contributed by atoms with E-state index in [1.54, 1.807) is 0 Å². The molecule has 0 bridgehead atoms. The Morgan fingerprint density at radius 3 is 2.39 bits per heavy atom. The Morgan fingerprint density at radius 1 is 0.947 bits per heavy atom. The highest BCUT2D eigenvalue weighted by molar-refractivity contribution is 5.97. The fraction of sp³-hybridized carbons (Fsp3) is 0.265. The van der Waals surface area contributed by atoms with E-state index in [9.17, 15) is 9.90 Å². The van der Waals surface area contributed by atoms with Crippen molar-refractivity contribution in [1.29, 1.82) is 0 Å². The molecule has 4 nitrogen and oxygen atoms in total. The summed E-state index contributed by atoms with van der Waals surface area (Å²) in [5, 5.41) is 15.3. The molecule has 1 fully saturated rings. The van der Waals surface area contributed by atoms with Gasteiger partial charge in [-0.1, -0.05) is 78.9 Å². The molecular formula is C34H33NO3. The summed E-state index contributed by atoms with van der Waals surface area (Å²) in [5.41, 5.74) is 6.64. The van der Waals surface area contributed by atoms with Crippen LogP contribution in [0.5, 0.6) is 5.75 Å². The minimum Gasteiger partial charge on any atom is -0.481 e. The van der Waals surface area contributed by atoms with Crippen molar-refractivity contribution in [2.45, 2.75) is 44.6 Å². The predicted molar refractivity (Wildman–Crippen MR) is 153 cm³/mol. The maximum Gasteiger partial charge on any atom is 0.307 e. The maximum absolute atomic E-state index is 11.9. The average Bonchev–Trinajstić information content (AvgIpc) is 2.95. The number of carboxylic acid groups (broad SMARTS) is 1. The third kappa shape index (κ3) is 3.91. The highest BCUT2D eigenvalue weighted by Crippen LogP contribution is 2.54. The summed E-state index contributed by atoms with van der Waals surface area (Å²) in [4.78, 5) is 11.9. The van der Waals surface area contributed by atoms with Crippen LogP contribution in [0.15, 0.2) is 90.5 Å². The van der Waals surface area contributed by atoms with E-state index in [-0.39, 0.29) is 6.42 Å². The number of rotatable bonds is 5. The van der Waals surface area contributed by atoms with Gasteiger partial charge < -0.3 is 15.2 Å². The smallest absolute Gasteiger partial charge is 0.307 e. The molecule has 4 aromatic rings. The number of hydrogen-bond donors (Lipinski definition) is 2. The van der Waals surface area contributed by atoms with Gasteiger partial charge in [0, 0.05) is 22.1 Å². The fourth-order valence-corrected chi connectivity index (χ4v) is 6.54. The maximum atomic E-state index is 11.9. The first-order valence-corrected chi connectivity index (χ1v) is 13.5. The largest absolute Gasteiger partial charge is 0.481 e. The Hall–Kier alpha value is -3.89. The van der Waals surface area contributed by atoms with Crippen molar-refractivity contribution in [3.8, 4) is 5.75 Å². The number of benzene rings is 4. The average molecular weight is 504 g/mol. The minimum atomic E-state index is -0.843. The van der Waals surface area contributed by atoms with Crippen LogP contribution < -0.4 is 10.1 Å². The molecule has 4 heteroatoms. The molecule has 0 radical (unpaired) electrons. The van der Waals surface area contributed by atoms with E-state index in [1.165, 1.54) is 11.1 Å². The van der Waals surface area contributed by atoms with Gasteiger partial charge in [-0.05, 0) is 79.4 Å². The summed E-state index contributed by atoms with van der Waals surface area (Å²) in [6.45, 7) is 6.31. The third-order valence-corrected chi connectivity index (χ3v) is 8.45. The number of piperidine rings is 1. The highest BCUT2D eigenvalue weighted by Gasteiger charge is 2.46. The highest BCUT2D eigenvalue weighted by atomic mass is 16.5. The lowest BCUT2D eigenvalue weighted by atomic mass is 9.71. The van der Waals surface area contributed by atoms with Crippen LogP contribution in [-0.4, -0.2) is 24.2 Å². The zero-order valence-corrected chi connectivity index (χ0v) is 22.0. The van der Waals surface area contributed by atoms with Gasteiger partial charge in [-0.2, -0.15) is 0 Å². The van der Waals surface area contributed by atoms with Crippen molar-refractivity contribution in [3.63, 3.8) is 0 Å². The van der Waals surface area contributed by atoms with E-state index in [2.05, 4.69) is 73.8 Å². The molecule has 192 valence electrons. The van der Waals surface area contributed by atoms with E-state index in [1.807, 2.05) is 30.3 Å². The summed E-state index contributed by atoms with van der Waals surface area (Å²) in [7, 11) is 0. The lowest BCUT2D eigenvalue weighted by Gasteiger charge is -2.44. The first-order chi connectivity index (χ1) is 18.5. The number of carboxylic acids is 1. The molecule has 1 unspecified atom stereocenters. The Kier molecular flexibility index (Phi) is 6.29. The van der Waals surface area contributed by atoms with Gasteiger partial charge in [0.1, 0.15) is 5.75 Å². The van der Waals surface area contributed by atoms with Crippen LogP contribution in [0.3, 0.4) is 0 Å². The van der Waals surface area contributed by atoms with Gasteiger partial charge in [-0.25, -0.2) is 0 Å².